The van der Waals surface area contributed by atoms with Crippen molar-refractivity contribution in [3.8, 4) is 0 Å². The van der Waals surface area contributed by atoms with Gasteiger partial charge in [0.2, 0.25) is 0 Å². The third-order valence-corrected chi connectivity index (χ3v) is 3.14. The summed E-state index contributed by atoms with van der Waals surface area (Å²) < 4.78 is 1.94. The summed E-state index contributed by atoms with van der Waals surface area (Å²) in [6.45, 7) is 5.23. The van der Waals surface area contributed by atoms with E-state index < -0.39 is 0 Å². The Morgan fingerprint density at radius 2 is 2.00 bits per heavy atom. The Balaban J connectivity index is 2.34. The van der Waals surface area contributed by atoms with Crippen molar-refractivity contribution in [1.82, 2.24) is 25.1 Å². The van der Waals surface area contributed by atoms with Crippen LogP contribution in [0.3, 0.4) is 0 Å². The van der Waals surface area contributed by atoms with E-state index in [1.807, 2.05) is 24.1 Å². The first-order valence-electron chi connectivity index (χ1n) is 6.77. The Hall–Kier alpha value is -1.75. The molecule has 0 aliphatic heterocycles. The van der Waals surface area contributed by atoms with E-state index in [-0.39, 0.29) is 6.04 Å². The average Bonchev–Trinajstić information content (AvgIpc) is 2.82. The molecule has 0 aromatic carbocycles. The highest BCUT2D eigenvalue weighted by atomic mass is 15.3. The lowest BCUT2D eigenvalue weighted by Gasteiger charge is -2.18. The molecule has 0 fully saturated rings. The number of nitrogens with one attached hydrogen (secondary N) is 1. The molecule has 0 bridgehead atoms. The van der Waals surface area contributed by atoms with Gasteiger partial charge in [0.1, 0.15) is 6.33 Å². The van der Waals surface area contributed by atoms with Gasteiger partial charge in [-0.25, -0.2) is 9.97 Å². The Kier molecular flexibility index (Phi) is 4.63. The molecule has 0 amide bonds. The van der Waals surface area contributed by atoms with Gasteiger partial charge in [-0.1, -0.05) is 13.8 Å². The first-order chi connectivity index (χ1) is 9.26. The fraction of sp³-hybridized carbons (Fsp3) is 0.500. The van der Waals surface area contributed by atoms with Crippen LogP contribution in [0.25, 0.3) is 0 Å². The maximum atomic E-state index is 4.52. The van der Waals surface area contributed by atoms with Crippen molar-refractivity contribution in [1.29, 1.82) is 0 Å². The highest BCUT2D eigenvalue weighted by Crippen LogP contribution is 2.21. The minimum atomic E-state index is 0.0962. The quantitative estimate of drug-likeness (QED) is 0.860. The molecular formula is C14H21N5. The van der Waals surface area contributed by atoms with Crippen LogP contribution in [0.5, 0.6) is 0 Å². The van der Waals surface area contributed by atoms with Crippen molar-refractivity contribution in [2.24, 2.45) is 7.05 Å². The zero-order chi connectivity index (χ0) is 13.7. The van der Waals surface area contributed by atoms with E-state index in [0.29, 0.717) is 0 Å². The van der Waals surface area contributed by atoms with Crippen molar-refractivity contribution >= 4 is 0 Å². The third kappa shape index (κ3) is 3.17. The molecule has 1 N–H and O–H groups in total. The van der Waals surface area contributed by atoms with Crippen LogP contribution in [-0.2, 0) is 13.5 Å². The van der Waals surface area contributed by atoms with Crippen molar-refractivity contribution in [3.63, 3.8) is 0 Å². The molecule has 5 heteroatoms. The van der Waals surface area contributed by atoms with Gasteiger partial charge in [-0.15, -0.1) is 0 Å². The summed E-state index contributed by atoms with van der Waals surface area (Å²) in [7, 11) is 1.99. The zero-order valence-corrected chi connectivity index (χ0v) is 11.8. The van der Waals surface area contributed by atoms with Crippen LogP contribution < -0.4 is 5.32 Å². The van der Waals surface area contributed by atoms with Gasteiger partial charge in [0.05, 0.1) is 17.4 Å². The molecular weight excluding hydrogens is 238 g/mol. The summed E-state index contributed by atoms with van der Waals surface area (Å²) in [5.41, 5.74) is 3.33. The molecule has 1 atom stereocenters. The van der Waals surface area contributed by atoms with Crippen LogP contribution in [0.2, 0.25) is 0 Å². The molecule has 2 aromatic rings. The van der Waals surface area contributed by atoms with Gasteiger partial charge >= 0.3 is 0 Å². The molecule has 19 heavy (non-hydrogen) atoms. The van der Waals surface area contributed by atoms with Gasteiger partial charge in [0.15, 0.2) is 0 Å². The van der Waals surface area contributed by atoms with Crippen LogP contribution in [0.4, 0.5) is 0 Å². The highest BCUT2D eigenvalue weighted by Gasteiger charge is 2.18. The molecule has 0 saturated heterocycles. The minimum absolute atomic E-state index is 0.0962. The molecule has 102 valence electrons. The molecule has 0 radical (unpaired) electrons. The molecule has 0 aliphatic rings. The predicted molar refractivity (Wildman–Crippen MR) is 74.8 cm³/mol. The number of hydrogen-bond acceptors (Lipinski definition) is 4. The lowest BCUT2D eigenvalue weighted by molar-refractivity contribution is 0.550. The Morgan fingerprint density at radius 3 is 2.58 bits per heavy atom. The van der Waals surface area contributed by atoms with Gasteiger partial charge in [-0.3, -0.25) is 4.68 Å². The number of aromatic nitrogens is 4. The molecule has 1 unspecified atom stereocenters. The number of rotatable bonds is 6. The Morgan fingerprint density at radius 1 is 1.26 bits per heavy atom. The second-order valence-electron chi connectivity index (χ2n) is 4.60. The third-order valence-electron chi connectivity index (χ3n) is 3.14. The molecule has 2 aromatic heterocycles. The number of nitrogens with zero attached hydrogens (tertiary/aromatic N) is 4. The molecule has 5 nitrogen and oxygen atoms in total. The molecule has 2 heterocycles. The van der Waals surface area contributed by atoms with E-state index in [1.165, 1.54) is 0 Å². The van der Waals surface area contributed by atoms with E-state index in [1.54, 1.807) is 6.33 Å². The second kappa shape index (κ2) is 6.43. The average molecular weight is 259 g/mol. The van der Waals surface area contributed by atoms with E-state index >= 15 is 0 Å². The summed E-state index contributed by atoms with van der Waals surface area (Å²) >= 11 is 0. The minimum Gasteiger partial charge on any atom is -0.305 e. The van der Waals surface area contributed by atoms with E-state index in [4.69, 9.17) is 0 Å². The summed E-state index contributed by atoms with van der Waals surface area (Å²) in [5.74, 6) is 0. The maximum absolute atomic E-state index is 4.52. The summed E-state index contributed by atoms with van der Waals surface area (Å²) in [6.07, 6.45) is 7.31. The van der Waals surface area contributed by atoms with Crippen LogP contribution >= 0.6 is 0 Å². The molecule has 2 rings (SSSR count). The van der Waals surface area contributed by atoms with Gasteiger partial charge in [-0.2, -0.15) is 5.10 Å². The smallest absolute Gasteiger partial charge is 0.115 e. The normalized spacial score (nSPS) is 12.6. The Bertz CT molecular complexity index is 506. The lowest BCUT2D eigenvalue weighted by Crippen LogP contribution is -2.25. The topological polar surface area (TPSA) is 55.6 Å². The van der Waals surface area contributed by atoms with E-state index in [9.17, 15) is 0 Å². The summed E-state index contributed by atoms with van der Waals surface area (Å²) in [5, 5.41) is 8.06. The second-order valence-corrected chi connectivity index (χ2v) is 4.60. The van der Waals surface area contributed by atoms with Crippen molar-refractivity contribution in [2.75, 3.05) is 6.54 Å². The Labute approximate surface area is 114 Å². The molecule has 0 saturated carbocycles. The van der Waals surface area contributed by atoms with Crippen molar-refractivity contribution in [3.05, 3.63) is 41.7 Å². The zero-order valence-electron chi connectivity index (χ0n) is 11.8. The highest BCUT2D eigenvalue weighted by molar-refractivity contribution is 5.25. The van der Waals surface area contributed by atoms with Gasteiger partial charge < -0.3 is 5.32 Å². The monoisotopic (exact) mass is 259 g/mol. The SMILES string of the molecule is CCCNC(c1cncnc1)c1cc(CC)nn1C. The number of aryl methyl sites for hydroxylation is 2. The van der Waals surface area contributed by atoms with Gasteiger partial charge in [0.25, 0.3) is 0 Å². The largest absolute Gasteiger partial charge is 0.305 e. The fourth-order valence-electron chi connectivity index (χ4n) is 2.13. The number of hydrogen-bond donors (Lipinski definition) is 1. The maximum Gasteiger partial charge on any atom is 0.115 e. The van der Waals surface area contributed by atoms with Gasteiger partial charge in [-0.05, 0) is 25.5 Å². The van der Waals surface area contributed by atoms with E-state index in [2.05, 4.69) is 40.3 Å². The van der Waals surface area contributed by atoms with Crippen LogP contribution in [-0.4, -0.2) is 26.3 Å². The van der Waals surface area contributed by atoms with Crippen LogP contribution in [0.1, 0.15) is 43.3 Å². The molecule has 0 spiro atoms. The first-order valence-corrected chi connectivity index (χ1v) is 6.77. The lowest BCUT2D eigenvalue weighted by atomic mass is 10.1. The standard InChI is InChI=1S/C14H21N5/c1-4-6-17-14(11-8-15-10-16-9-11)13-7-12(5-2)18-19(13)3/h7-10,14,17H,4-6H2,1-3H3. The molecule has 0 aliphatic carbocycles. The van der Waals surface area contributed by atoms with Crippen LogP contribution in [0.15, 0.2) is 24.8 Å². The van der Waals surface area contributed by atoms with Crippen molar-refractivity contribution < 1.29 is 0 Å². The van der Waals surface area contributed by atoms with Crippen LogP contribution in [0, 0.1) is 0 Å². The summed E-state index contributed by atoms with van der Waals surface area (Å²) in [6, 6.07) is 2.25. The van der Waals surface area contributed by atoms with E-state index in [0.717, 1.165) is 36.3 Å². The fourth-order valence-corrected chi connectivity index (χ4v) is 2.13. The van der Waals surface area contributed by atoms with Gasteiger partial charge in [0, 0.05) is 25.0 Å². The van der Waals surface area contributed by atoms with Crippen molar-refractivity contribution in [2.45, 2.75) is 32.7 Å². The first kappa shape index (κ1) is 13.7. The summed E-state index contributed by atoms with van der Waals surface area (Å²) in [4.78, 5) is 8.23. The predicted octanol–water partition coefficient (Wildman–Crippen LogP) is 1.86.